The molecule has 8 heteroatoms. The molecular formula is C19H28ClN3O3S. The van der Waals surface area contributed by atoms with E-state index >= 15 is 0 Å². The molecule has 1 aromatic carbocycles. The van der Waals surface area contributed by atoms with Crippen LogP contribution in [0.3, 0.4) is 0 Å². The van der Waals surface area contributed by atoms with Gasteiger partial charge in [-0.05, 0) is 62.8 Å². The molecule has 4 rings (SSSR count). The van der Waals surface area contributed by atoms with Gasteiger partial charge in [-0.2, -0.15) is 0 Å². The number of anilines is 1. The van der Waals surface area contributed by atoms with Crippen molar-refractivity contribution in [3.05, 3.63) is 29.3 Å². The third kappa shape index (κ3) is 3.69. The Labute approximate surface area is 167 Å². The monoisotopic (exact) mass is 413 g/mol. The lowest BCUT2D eigenvalue weighted by atomic mass is 9.97. The van der Waals surface area contributed by atoms with Crippen molar-refractivity contribution >= 4 is 34.0 Å². The summed E-state index contributed by atoms with van der Waals surface area (Å²) >= 11 is 0. The van der Waals surface area contributed by atoms with E-state index in [1.807, 2.05) is 24.9 Å². The molecule has 27 heavy (non-hydrogen) atoms. The summed E-state index contributed by atoms with van der Waals surface area (Å²) in [6.07, 6.45) is 6.33. The van der Waals surface area contributed by atoms with Crippen molar-refractivity contribution in [3.8, 4) is 0 Å². The topological polar surface area (TPSA) is 69.7 Å². The Bertz CT molecular complexity index is 833. The molecule has 6 nitrogen and oxygen atoms in total. The Morgan fingerprint density at radius 2 is 1.85 bits per heavy atom. The van der Waals surface area contributed by atoms with Gasteiger partial charge in [0.1, 0.15) is 0 Å². The number of sulfonamides is 1. The minimum absolute atomic E-state index is 0. The van der Waals surface area contributed by atoms with E-state index in [0.29, 0.717) is 29.8 Å². The number of piperidine rings is 1. The molecule has 2 bridgehead atoms. The van der Waals surface area contributed by atoms with Crippen LogP contribution < -0.4 is 9.62 Å². The fourth-order valence-electron chi connectivity index (χ4n) is 4.95. The van der Waals surface area contributed by atoms with Crippen molar-refractivity contribution in [1.82, 2.24) is 10.2 Å². The molecule has 1 aromatic rings. The van der Waals surface area contributed by atoms with E-state index in [0.717, 1.165) is 18.4 Å². The van der Waals surface area contributed by atoms with Crippen LogP contribution in [-0.4, -0.2) is 56.7 Å². The molecule has 3 aliphatic heterocycles. The van der Waals surface area contributed by atoms with Gasteiger partial charge in [0.15, 0.2) is 0 Å². The highest BCUT2D eigenvalue weighted by molar-refractivity contribution is 7.92. The van der Waals surface area contributed by atoms with Crippen molar-refractivity contribution in [2.24, 2.45) is 0 Å². The predicted octanol–water partition coefficient (Wildman–Crippen LogP) is 2.17. The molecule has 0 saturated carbocycles. The van der Waals surface area contributed by atoms with Crippen LogP contribution >= 0.6 is 12.4 Å². The van der Waals surface area contributed by atoms with Gasteiger partial charge in [0.2, 0.25) is 10.0 Å². The smallest absolute Gasteiger partial charge is 0.253 e. The summed E-state index contributed by atoms with van der Waals surface area (Å²) in [6, 6.07) is 6.68. The van der Waals surface area contributed by atoms with Crippen LogP contribution in [0, 0.1) is 0 Å². The third-order valence-electron chi connectivity index (χ3n) is 6.15. The first-order valence-corrected chi connectivity index (χ1v) is 11.2. The lowest BCUT2D eigenvalue weighted by molar-refractivity contribution is 0.0681. The number of benzene rings is 1. The maximum atomic E-state index is 13.0. The Kier molecular flexibility index (Phi) is 5.49. The number of hydrogen-bond donors (Lipinski definition) is 1. The zero-order chi connectivity index (χ0) is 18.6. The van der Waals surface area contributed by atoms with Gasteiger partial charge in [-0.15, -0.1) is 12.4 Å². The molecule has 3 atom stereocenters. The van der Waals surface area contributed by atoms with Crippen molar-refractivity contribution in [2.75, 3.05) is 17.6 Å². The first kappa shape index (κ1) is 20.4. The summed E-state index contributed by atoms with van der Waals surface area (Å²) in [5, 5.41) is 3.61. The number of rotatable bonds is 3. The minimum Gasteiger partial charge on any atom is -0.339 e. The van der Waals surface area contributed by atoms with E-state index in [1.165, 1.54) is 23.4 Å². The largest absolute Gasteiger partial charge is 0.339 e. The summed E-state index contributed by atoms with van der Waals surface area (Å²) in [5.74, 6) is 0.0320. The zero-order valence-electron chi connectivity index (χ0n) is 16.0. The van der Waals surface area contributed by atoms with E-state index in [4.69, 9.17) is 0 Å². The van der Waals surface area contributed by atoms with Gasteiger partial charge in [0, 0.05) is 36.8 Å². The van der Waals surface area contributed by atoms with Gasteiger partial charge in [-0.25, -0.2) is 8.42 Å². The van der Waals surface area contributed by atoms with Crippen LogP contribution in [0.4, 0.5) is 5.69 Å². The van der Waals surface area contributed by atoms with E-state index in [2.05, 4.69) is 5.32 Å². The average Bonchev–Trinajstić information content (AvgIpc) is 3.09. The van der Waals surface area contributed by atoms with Crippen LogP contribution in [-0.2, 0) is 16.4 Å². The molecular weight excluding hydrogens is 386 g/mol. The fraction of sp³-hybridized carbons (Fsp3) is 0.632. The molecule has 1 amide bonds. The average molecular weight is 414 g/mol. The van der Waals surface area contributed by atoms with Gasteiger partial charge in [-0.3, -0.25) is 9.10 Å². The number of hydrogen-bond acceptors (Lipinski definition) is 4. The highest BCUT2D eigenvalue weighted by Gasteiger charge is 2.37. The second kappa shape index (κ2) is 7.26. The Morgan fingerprint density at radius 3 is 2.44 bits per heavy atom. The van der Waals surface area contributed by atoms with Crippen molar-refractivity contribution in [1.29, 1.82) is 0 Å². The summed E-state index contributed by atoms with van der Waals surface area (Å²) in [6.45, 7) is 1.90. The molecule has 150 valence electrons. The van der Waals surface area contributed by atoms with Crippen LogP contribution in [0.5, 0.6) is 0 Å². The predicted molar refractivity (Wildman–Crippen MR) is 109 cm³/mol. The molecule has 3 aliphatic rings. The quantitative estimate of drug-likeness (QED) is 0.824. The van der Waals surface area contributed by atoms with Crippen molar-refractivity contribution < 1.29 is 13.2 Å². The normalized spacial score (nSPS) is 29.2. The zero-order valence-corrected chi connectivity index (χ0v) is 17.6. The van der Waals surface area contributed by atoms with E-state index < -0.39 is 10.0 Å². The standard InChI is InChI=1S/C19H27N3O3S.ClH/c1-12-8-14-9-13(4-7-18(14)22(12)26(3,24)25)19(23)21(2)17-10-15-5-6-16(11-17)20-15;/h4,7,9,12,15-17,20H,5-6,8,10-11H2,1-3H3;1H. The summed E-state index contributed by atoms with van der Waals surface area (Å²) in [5.41, 5.74) is 2.30. The second-order valence-electron chi connectivity index (χ2n) is 8.13. The number of carbonyl (C=O) groups excluding carboxylic acids is 1. The molecule has 0 aliphatic carbocycles. The maximum Gasteiger partial charge on any atom is 0.253 e. The fourth-order valence-corrected chi connectivity index (χ4v) is 6.22. The van der Waals surface area contributed by atoms with Crippen molar-refractivity contribution in [2.45, 2.75) is 63.2 Å². The lowest BCUT2D eigenvalue weighted by Crippen LogP contribution is -2.48. The molecule has 2 fully saturated rings. The minimum atomic E-state index is -3.31. The van der Waals surface area contributed by atoms with E-state index in [9.17, 15) is 13.2 Å². The number of amides is 1. The molecule has 3 unspecified atom stereocenters. The summed E-state index contributed by atoms with van der Waals surface area (Å²) < 4.78 is 25.6. The Hall–Kier alpha value is -1.31. The first-order chi connectivity index (χ1) is 12.2. The van der Waals surface area contributed by atoms with Crippen LogP contribution in [0.1, 0.15) is 48.5 Å². The molecule has 0 radical (unpaired) electrons. The number of halogens is 1. The van der Waals surface area contributed by atoms with Crippen LogP contribution in [0.2, 0.25) is 0 Å². The first-order valence-electron chi connectivity index (χ1n) is 9.39. The van der Waals surface area contributed by atoms with Gasteiger partial charge in [0.25, 0.3) is 5.91 Å². The summed E-state index contributed by atoms with van der Waals surface area (Å²) in [7, 11) is -1.41. The highest BCUT2D eigenvalue weighted by atomic mass is 35.5. The number of fused-ring (bicyclic) bond motifs is 3. The van der Waals surface area contributed by atoms with Gasteiger partial charge < -0.3 is 10.2 Å². The third-order valence-corrected chi connectivity index (χ3v) is 7.42. The molecule has 1 N–H and O–H groups in total. The molecule has 2 saturated heterocycles. The van der Waals surface area contributed by atoms with E-state index in [1.54, 1.807) is 12.1 Å². The van der Waals surface area contributed by atoms with Crippen LogP contribution in [0.25, 0.3) is 0 Å². The van der Waals surface area contributed by atoms with Crippen LogP contribution in [0.15, 0.2) is 18.2 Å². The highest BCUT2D eigenvalue weighted by Crippen LogP contribution is 2.35. The molecule has 3 heterocycles. The van der Waals surface area contributed by atoms with Gasteiger partial charge in [0.05, 0.1) is 11.9 Å². The Balaban J connectivity index is 0.00000210. The van der Waals surface area contributed by atoms with Gasteiger partial charge in [-0.1, -0.05) is 0 Å². The lowest BCUT2D eigenvalue weighted by Gasteiger charge is -2.35. The molecule has 0 aromatic heterocycles. The van der Waals surface area contributed by atoms with Crippen molar-refractivity contribution in [3.63, 3.8) is 0 Å². The summed E-state index contributed by atoms with van der Waals surface area (Å²) in [4.78, 5) is 14.9. The number of nitrogens with zero attached hydrogens (tertiary/aromatic N) is 2. The SMILES string of the molecule is CC1Cc2cc(C(=O)N(C)C3CC4CCC(C3)N4)ccc2N1S(C)(=O)=O.Cl. The second-order valence-corrected chi connectivity index (χ2v) is 9.99. The number of nitrogens with one attached hydrogen (secondary N) is 1. The van der Waals surface area contributed by atoms with E-state index in [-0.39, 0.29) is 30.4 Å². The Morgan fingerprint density at radius 1 is 1.22 bits per heavy atom. The molecule has 0 spiro atoms. The van der Waals surface area contributed by atoms with Gasteiger partial charge >= 0.3 is 0 Å². The maximum absolute atomic E-state index is 13.0. The number of carbonyl (C=O) groups is 1.